The van der Waals surface area contributed by atoms with Crippen molar-refractivity contribution in [3.63, 3.8) is 0 Å². The molecule has 0 bridgehead atoms. The molecule has 5 heavy (non-hydrogen) atoms. The van der Waals surface area contributed by atoms with Gasteiger partial charge in [0.05, 0.1) is 0 Å². The molecule has 0 rings (SSSR count). The van der Waals surface area contributed by atoms with E-state index in [4.69, 9.17) is 12.6 Å². The molecule has 0 aromatic heterocycles. The Labute approximate surface area is 47.2 Å². The maximum absolute atomic E-state index is 8.63. The fourth-order valence-corrected chi connectivity index (χ4v) is 0. The maximum Gasteiger partial charge on any atom is 0.433 e. The predicted octanol–water partition coefficient (Wildman–Crippen LogP) is -2.94. The monoisotopic (exact) mass is 192 g/mol. The molecule has 0 heterocycles. The van der Waals surface area contributed by atoms with Crippen molar-refractivity contribution in [2.24, 2.45) is 0 Å². The van der Waals surface area contributed by atoms with Gasteiger partial charge in [-0.25, -0.2) is 0 Å². The summed E-state index contributed by atoms with van der Waals surface area (Å²) in [6.07, 6.45) is 0. The zero-order chi connectivity index (χ0) is 3.58. The molecular weight excluding hydrogens is 193 g/mol. The van der Waals surface area contributed by atoms with Crippen LogP contribution in [0.25, 0.3) is 0 Å². The quantitative estimate of drug-likeness (QED) is 0.420. The van der Waals surface area contributed by atoms with Crippen LogP contribution in [-0.2, 0) is 19.5 Å². The van der Waals surface area contributed by atoms with Gasteiger partial charge in [0.1, 0.15) is 0 Å². The Morgan fingerprint density at radius 1 is 1.40 bits per heavy atom. The second-order valence-corrected chi connectivity index (χ2v) is 1.04. The molecule has 0 saturated carbocycles. The van der Waals surface area contributed by atoms with Gasteiger partial charge < -0.3 is 8.40 Å². The molecule has 0 aromatic carbocycles. The number of rotatable bonds is 0. The Morgan fingerprint density at radius 3 is 1.40 bits per heavy atom. The van der Waals surface area contributed by atoms with Gasteiger partial charge in [-0.2, -0.15) is 0 Å². The second-order valence-electron chi connectivity index (χ2n) is 0.201. The standard InChI is InChI=1S/BrHO3.Zn/c2-1(3)4;/h2H;. The fraction of sp³-hybridized carbons (Fsp3) is 0. The van der Waals surface area contributed by atoms with E-state index < -0.39 is 14.8 Å². The van der Waals surface area contributed by atoms with Crippen LogP contribution in [0.3, 0.4) is 0 Å². The summed E-state index contributed by atoms with van der Waals surface area (Å²) in [6.45, 7) is 0. The molecule has 28 valence electrons. The number of hydrogen-bond donors (Lipinski definition) is 1. The van der Waals surface area contributed by atoms with Crippen LogP contribution >= 0.6 is 0 Å². The van der Waals surface area contributed by atoms with E-state index in [1.165, 1.54) is 0 Å². The van der Waals surface area contributed by atoms with E-state index in [-0.39, 0.29) is 19.5 Å². The second kappa shape index (κ2) is 4.98. The van der Waals surface area contributed by atoms with Gasteiger partial charge in [-0.1, -0.05) is 0 Å². The van der Waals surface area contributed by atoms with E-state index in [0.717, 1.165) is 0 Å². The predicted molar refractivity (Wildman–Crippen MR) is 2.22 cm³/mol. The van der Waals surface area contributed by atoms with Crippen LogP contribution in [0.5, 0.6) is 0 Å². The van der Waals surface area contributed by atoms with Crippen LogP contribution < -0.4 is 8.40 Å². The average molecular weight is 194 g/mol. The Kier molecular flexibility index (Phi) is 9.33. The Morgan fingerprint density at radius 2 is 1.40 bits per heavy atom. The van der Waals surface area contributed by atoms with Gasteiger partial charge in [0.15, 0.2) is 0 Å². The molecule has 0 aliphatic heterocycles. The fourth-order valence-electron chi connectivity index (χ4n) is 0. The van der Waals surface area contributed by atoms with Gasteiger partial charge in [0.25, 0.3) is 0 Å². The van der Waals surface area contributed by atoms with E-state index in [1.54, 1.807) is 0 Å². The molecule has 5 heteroatoms. The first-order valence-electron chi connectivity index (χ1n) is 0.478. The Balaban J connectivity index is 0. The minimum atomic E-state index is -3.40. The van der Waals surface area contributed by atoms with Crippen molar-refractivity contribution >= 4 is 0 Å². The van der Waals surface area contributed by atoms with Gasteiger partial charge in [-0.15, -0.1) is 0 Å². The van der Waals surface area contributed by atoms with E-state index in [2.05, 4.69) is 0 Å². The molecular formula is HBrO3Zn. The van der Waals surface area contributed by atoms with E-state index in [9.17, 15) is 0 Å². The average Bonchev–Trinajstić information content (AvgIpc) is 0.811. The molecule has 0 unspecified atom stereocenters. The normalized spacial score (nSPS) is 7.20. The minimum Gasteiger partial charge on any atom is -0.372 e. The summed E-state index contributed by atoms with van der Waals surface area (Å²) in [7, 11) is 0. The van der Waals surface area contributed by atoms with Crippen LogP contribution in [0.4, 0.5) is 0 Å². The van der Waals surface area contributed by atoms with Crippen LogP contribution in [0.2, 0.25) is 0 Å². The van der Waals surface area contributed by atoms with Crippen molar-refractivity contribution in [1.82, 2.24) is 0 Å². The van der Waals surface area contributed by atoms with Gasteiger partial charge in [0.2, 0.25) is 0 Å². The summed E-state index contributed by atoms with van der Waals surface area (Å²) in [5.41, 5.74) is 0. The van der Waals surface area contributed by atoms with Gasteiger partial charge in [-0.3, -0.25) is 0 Å². The largest absolute Gasteiger partial charge is 0.433 e. The number of hydrogen-bond acceptors (Lipinski definition) is 3. The molecule has 0 amide bonds. The molecule has 0 aliphatic carbocycles. The third kappa shape index (κ3) is 45.9. The summed E-state index contributed by atoms with van der Waals surface area (Å²) >= 11 is -3.40. The van der Waals surface area contributed by atoms with Crippen molar-refractivity contribution in [2.45, 2.75) is 0 Å². The molecule has 0 fully saturated rings. The first-order chi connectivity index (χ1) is 1.73. The minimum absolute atomic E-state index is 0. The molecule has 3 nitrogen and oxygen atoms in total. The van der Waals surface area contributed by atoms with Gasteiger partial charge in [-0.05, 0) is 4.20 Å². The Hall–Kier alpha value is 0.983. The van der Waals surface area contributed by atoms with Gasteiger partial charge in [0, 0.05) is 19.5 Å². The SMILES string of the molecule is [O-][Br+2]([O-])O.[Zn]. The summed E-state index contributed by atoms with van der Waals surface area (Å²) in [4.78, 5) is 0. The van der Waals surface area contributed by atoms with E-state index in [0.29, 0.717) is 0 Å². The van der Waals surface area contributed by atoms with Crippen molar-refractivity contribution in [1.29, 1.82) is 0 Å². The van der Waals surface area contributed by atoms with Crippen molar-refractivity contribution in [3.05, 3.63) is 0 Å². The maximum atomic E-state index is 8.63. The van der Waals surface area contributed by atoms with Crippen molar-refractivity contribution in [2.75, 3.05) is 0 Å². The van der Waals surface area contributed by atoms with Crippen LogP contribution in [0.15, 0.2) is 0 Å². The first kappa shape index (κ1) is 9.36. The van der Waals surface area contributed by atoms with Gasteiger partial charge >= 0.3 is 14.8 Å². The molecule has 1 N–H and O–H groups in total. The van der Waals surface area contributed by atoms with E-state index in [1.807, 2.05) is 0 Å². The van der Waals surface area contributed by atoms with Crippen molar-refractivity contribution < 1.29 is 46.9 Å². The molecule has 0 aromatic rings. The van der Waals surface area contributed by atoms with Crippen LogP contribution in [0, 0.1) is 14.8 Å². The van der Waals surface area contributed by atoms with Crippen LogP contribution in [-0.4, -0.2) is 4.20 Å². The topological polar surface area (TPSA) is 66.3 Å². The summed E-state index contributed by atoms with van der Waals surface area (Å²) in [6, 6.07) is 0. The molecule has 0 atom stereocenters. The summed E-state index contributed by atoms with van der Waals surface area (Å²) < 4.78 is 24.3. The Bertz CT molecular complexity index is 11.6. The van der Waals surface area contributed by atoms with Crippen molar-refractivity contribution in [3.8, 4) is 0 Å². The van der Waals surface area contributed by atoms with E-state index >= 15 is 0 Å². The first-order valence-corrected chi connectivity index (χ1v) is 2.48. The summed E-state index contributed by atoms with van der Waals surface area (Å²) in [5.74, 6) is 0. The molecule has 0 radical (unpaired) electrons. The number of halogens is 1. The summed E-state index contributed by atoms with van der Waals surface area (Å²) in [5, 5.41) is 0. The zero-order valence-electron chi connectivity index (χ0n) is 2.35. The smallest absolute Gasteiger partial charge is 0.372 e. The third-order valence-electron chi connectivity index (χ3n) is 0. The molecule has 0 aliphatic rings. The molecule has 0 saturated heterocycles. The van der Waals surface area contributed by atoms with Crippen LogP contribution in [0.1, 0.15) is 0 Å². The zero-order valence-corrected chi connectivity index (χ0v) is 6.90. The third-order valence-corrected chi connectivity index (χ3v) is 0. The molecule has 0 spiro atoms.